The largest absolute Gasteiger partial charge is 0.456 e. The van der Waals surface area contributed by atoms with Gasteiger partial charge in [-0.3, -0.25) is 34.7 Å². The van der Waals surface area contributed by atoms with E-state index in [2.05, 4.69) is 0 Å². The highest BCUT2D eigenvalue weighted by Crippen LogP contribution is 2.52. The zero-order valence-corrected chi connectivity index (χ0v) is 28.7. The third-order valence-corrected chi connectivity index (χ3v) is 11.3. The predicted octanol–water partition coefficient (Wildman–Crippen LogP) is 3.75. The molecule has 51 heavy (non-hydrogen) atoms. The van der Waals surface area contributed by atoms with Crippen molar-refractivity contribution in [2.75, 3.05) is 19.6 Å². The van der Waals surface area contributed by atoms with Gasteiger partial charge >= 0.3 is 12.1 Å². The van der Waals surface area contributed by atoms with Crippen LogP contribution < -0.4 is 0 Å². The van der Waals surface area contributed by atoms with E-state index in [9.17, 15) is 44.5 Å². The molecule has 0 radical (unpaired) electrons. The minimum absolute atomic E-state index is 0.0444. The Balaban J connectivity index is 1.22. The van der Waals surface area contributed by atoms with E-state index in [1.807, 2.05) is 6.92 Å². The van der Waals surface area contributed by atoms with Crippen LogP contribution in [0.15, 0.2) is 59.1 Å². The molecule has 3 amide bonds. The van der Waals surface area contributed by atoms with Crippen LogP contribution in [-0.4, -0.2) is 96.6 Å². The number of rotatable bonds is 11. The molecule has 270 valence electrons. The van der Waals surface area contributed by atoms with Crippen LogP contribution in [0.5, 0.6) is 0 Å². The van der Waals surface area contributed by atoms with Crippen molar-refractivity contribution in [3.8, 4) is 0 Å². The number of nitro groups is 2. The van der Waals surface area contributed by atoms with E-state index < -0.39 is 51.9 Å². The highest BCUT2D eigenvalue weighted by Gasteiger charge is 2.60. The minimum atomic E-state index is -0.960. The molecule has 3 fully saturated rings. The molecule has 16 nitrogen and oxygen atoms in total. The number of hydrogen-bond donors (Lipinski definition) is 1. The summed E-state index contributed by atoms with van der Waals surface area (Å²) in [6.07, 6.45) is 0.280. The topological polar surface area (TPSA) is 203 Å². The fourth-order valence-electron chi connectivity index (χ4n) is 7.19. The van der Waals surface area contributed by atoms with Gasteiger partial charge in [0.1, 0.15) is 25.0 Å². The van der Waals surface area contributed by atoms with Crippen LogP contribution in [0.4, 0.5) is 16.2 Å². The molecule has 6 rings (SSSR count). The number of amides is 3. The predicted molar refractivity (Wildman–Crippen MR) is 180 cm³/mol. The van der Waals surface area contributed by atoms with Crippen molar-refractivity contribution >= 4 is 47.0 Å². The van der Waals surface area contributed by atoms with Gasteiger partial charge in [0.25, 0.3) is 11.4 Å². The molecule has 4 heterocycles. The summed E-state index contributed by atoms with van der Waals surface area (Å²) in [5.74, 6) is -2.48. The quantitative estimate of drug-likeness (QED) is 0.152. The fourth-order valence-corrected chi connectivity index (χ4v) is 8.71. The molecule has 4 aliphatic rings. The number of esters is 1. The second-order valence-corrected chi connectivity index (χ2v) is 14.5. The Hall–Kier alpha value is -5.03. The number of aliphatic hydroxyl groups excluding tert-OH is 1. The van der Waals surface area contributed by atoms with Crippen LogP contribution in [0.2, 0.25) is 0 Å². The lowest BCUT2D eigenvalue weighted by Crippen LogP contribution is -2.63. The molecule has 0 bridgehead atoms. The van der Waals surface area contributed by atoms with Gasteiger partial charge in [-0.05, 0) is 61.6 Å². The summed E-state index contributed by atoms with van der Waals surface area (Å²) in [5, 5.41) is 32.1. The van der Waals surface area contributed by atoms with E-state index in [0.29, 0.717) is 29.1 Å². The van der Waals surface area contributed by atoms with E-state index >= 15 is 0 Å². The van der Waals surface area contributed by atoms with E-state index in [1.165, 1.54) is 77.0 Å². The number of carbonyl (C=O) groups excluding carboxylic acids is 4. The number of likely N-dealkylation sites (tertiary alicyclic amines) is 2. The molecule has 0 spiro atoms. The first-order valence-corrected chi connectivity index (χ1v) is 17.5. The number of benzene rings is 2. The summed E-state index contributed by atoms with van der Waals surface area (Å²) in [4.78, 5) is 80.2. The van der Waals surface area contributed by atoms with Crippen molar-refractivity contribution < 1.29 is 43.6 Å². The Morgan fingerprint density at radius 3 is 2.02 bits per heavy atom. The normalized spacial score (nSPS) is 24.6. The van der Waals surface area contributed by atoms with Gasteiger partial charge in [-0.15, -0.1) is 11.8 Å². The highest BCUT2D eigenvalue weighted by atomic mass is 32.2. The van der Waals surface area contributed by atoms with E-state index in [1.54, 1.807) is 4.90 Å². The van der Waals surface area contributed by atoms with Crippen molar-refractivity contribution in [2.24, 2.45) is 11.8 Å². The van der Waals surface area contributed by atoms with Crippen molar-refractivity contribution in [2.45, 2.75) is 69.8 Å². The number of fused-ring (bicyclic) bond motifs is 1. The van der Waals surface area contributed by atoms with Crippen LogP contribution in [0, 0.1) is 32.1 Å². The zero-order chi connectivity index (χ0) is 36.6. The van der Waals surface area contributed by atoms with Crippen molar-refractivity contribution in [1.29, 1.82) is 0 Å². The van der Waals surface area contributed by atoms with Crippen LogP contribution in [-0.2, 0) is 37.1 Å². The maximum Gasteiger partial charge on any atom is 0.410 e. The number of β-lactam (4-membered cyclic amide) rings is 1. The monoisotopic (exact) mass is 723 g/mol. The maximum atomic E-state index is 13.7. The first kappa shape index (κ1) is 35.8. The lowest BCUT2D eigenvalue weighted by molar-refractivity contribution is -0.385. The highest BCUT2D eigenvalue weighted by molar-refractivity contribution is 8.03. The number of non-ortho nitro benzene ring substituents is 2. The standard InChI is InChI=1S/C34H37N5O11S/c1-19-28-27(20(2)40)32(42)37(28)29(33(43)49-17-21-5-9-23(10-6-21)38(45)46)30(19)51-25-15-26(31(41)35-13-3-4-14-35)36(16-25)34(44)50-18-22-7-11-24(12-8-22)39(47)48/h5-12,19-20,25-28,40H,3-4,13-18H2,1-2H3/t19-,20?,25+,26+,27-,28-/m1/s1. The van der Waals surface area contributed by atoms with Gasteiger partial charge in [-0.1, -0.05) is 6.92 Å². The number of hydrogen-bond acceptors (Lipinski definition) is 12. The minimum Gasteiger partial charge on any atom is -0.456 e. The van der Waals surface area contributed by atoms with Gasteiger partial charge in [-0.2, -0.15) is 0 Å². The van der Waals surface area contributed by atoms with Gasteiger partial charge in [0, 0.05) is 60.0 Å². The summed E-state index contributed by atoms with van der Waals surface area (Å²) in [6.45, 7) is 4.27. The SMILES string of the molecule is CC(O)[C@H]1C(=O)N2C(C(=O)OCc3ccc([N+](=O)[O-])cc3)=C(S[C@H]3C[C@@H](C(=O)N4CCCC4)N(C(=O)OCc4ccc([N+](=O)[O-])cc4)C3)[C@H](C)[C@H]12. The molecular formula is C34H37N5O11S. The molecule has 2 aromatic rings. The third-order valence-electron chi connectivity index (χ3n) is 9.82. The Bertz CT molecular complexity index is 1760. The molecule has 1 N–H and O–H groups in total. The Morgan fingerprint density at radius 1 is 0.941 bits per heavy atom. The van der Waals surface area contributed by atoms with Crippen LogP contribution in [0.25, 0.3) is 0 Å². The zero-order valence-electron chi connectivity index (χ0n) is 27.9. The van der Waals surface area contributed by atoms with Gasteiger partial charge in [0.15, 0.2) is 0 Å². The number of aliphatic hydroxyl groups is 1. The molecule has 6 atom stereocenters. The second kappa shape index (κ2) is 14.7. The van der Waals surface area contributed by atoms with E-state index in [4.69, 9.17) is 9.47 Å². The molecule has 3 saturated heterocycles. The molecule has 1 unspecified atom stereocenters. The number of carbonyl (C=O) groups is 4. The molecule has 2 aromatic carbocycles. The Kier molecular flexibility index (Phi) is 10.3. The summed E-state index contributed by atoms with van der Waals surface area (Å²) < 4.78 is 11.2. The molecule has 0 aromatic heterocycles. The maximum absolute atomic E-state index is 13.7. The fraction of sp³-hybridized carbons (Fsp3) is 0.471. The lowest BCUT2D eigenvalue weighted by Gasteiger charge is -2.46. The third kappa shape index (κ3) is 7.12. The van der Waals surface area contributed by atoms with Gasteiger partial charge in [0.05, 0.1) is 27.9 Å². The summed E-state index contributed by atoms with van der Waals surface area (Å²) in [7, 11) is 0. The molecule has 0 saturated carbocycles. The molecule has 4 aliphatic heterocycles. The summed E-state index contributed by atoms with van der Waals surface area (Å²) in [6, 6.07) is 9.82. The first-order chi connectivity index (χ1) is 24.3. The van der Waals surface area contributed by atoms with Crippen LogP contribution >= 0.6 is 11.8 Å². The number of nitrogens with zero attached hydrogens (tertiary/aromatic N) is 5. The van der Waals surface area contributed by atoms with E-state index in [0.717, 1.165) is 12.8 Å². The second-order valence-electron chi connectivity index (χ2n) is 13.1. The average molecular weight is 724 g/mol. The molecule has 0 aliphatic carbocycles. The van der Waals surface area contributed by atoms with Crippen molar-refractivity contribution in [1.82, 2.24) is 14.7 Å². The smallest absolute Gasteiger partial charge is 0.410 e. The molecule has 17 heteroatoms. The van der Waals surface area contributed by atoms with Crippen LogP contribution in [0.3, 0.4) is 0 Å². The Morgan fingerprint density at radius 2 is 1.49 bits per heavy atom. The lowest BCUT2D eigenvalue weighted by atomic mass is 9.79. The van der Waals surface area contributed by atoms with Gasteiger partial charge in [0.2, 0.25) is 11.8 Å². The van der Waals surface area contributed by atoms with Gasteiger partial charge in [-0.25, -0.2) is 9.59 Å². The average Bonchev–Trinajstić information content (AvgIpc) is 3.85. The van der Waals surface area contributed by atoms with E-state index in [-0.39, 0.29) is 60.3 Å². The summed E-state index contributed by atoms with van der Waals surface area (Å²) in [5.41, 5.74) is 0.867. The number of thioether (sulfide) groups is 1. The van der Waals surface area contributed by atoms with Gasteiger partial charge < -0.3 is 24.4 Å². The summed E-state index contributed by atoms with van der Waals surface area (Å²) >= 11 is 1.30. The van der Waals surface area contributed by atoms with Crippen molar-refractivity contribution in [3.05, 3.63) is 90.5 Å². The number of ether oxygens (including phenoxy) is 2. The number of nitro benzene ring substituents is 2. The Labute approximate surface area is 296 Å². The van der Waals surface area contributed by atoms with Crippen molar-refractivity contribution in [3.63, 3.8) is 0 Å². The first-order valence-electron chi connectivity index (χ1n) is 16.6. The van der Waals surface area contributed by atoms with Crippen LogP contribution in [0.1, 0.15) is 44.2 Å². The molecular weight excluding hydrogens is 686 g/mol.